The topological polar surface area (TPSA) is 86.3 Å². The van der Waals surface area contributed by atoms with Crippen molar-refractivity contribution in [3.05, 3.63) is 48.3 Å². The Morgan fingerprint density at radius 1 is 1.03 bits per heavy atom. The maximum Gasteiger partial charge on any atom is 0.274 e. The summed E-state index contributed by atoms with van der Waals surface area (Å²) in [6.45, 7) is 4.20. The SMILES string of the molecule is O=C1Nc2cnc(F)cc2N2CCN(C/C=C/CC3(CC3)C3(CC3)Nc3nccc1n3)CC2. The molecule has 9 heteroatoms. The van der Waals surface area contributed by atoms with Gasteiger partial charge in [0.2, 0.25) is 11.9 Å². The van der Waals surface area contributed by atoms with Gasteiger partial charge in [-0.1, -0.05) is 12.2 Å². The zero-order valence-corrected chi connectivity index (χ0v) is 18.6. The molecule has 7 rings (SSSR count). The molecule has 2 spiro atoms. The van der Waals surface area contributed by atoms with Crippen LogP contribution in [-0.2, 0) is 0 Å². The van der Waals surface area contributed by atoms with Gasteiger partial charge in [-0.25, -0.2) is 15.0 Å². The van der Waals surface area contributed by atoms with Crippen molar-refractivity contribution in [3.63, 3.8) is 0 Å². The fraction of sp³-hybridized carbons (Fsp3) is 0.500. The highest BCUT2D eigenvalue weighted by Crippen LogP contribution is 2.67. The van der Waals surface area contributed by atoms with Crippen molar-refractivity contribution in [2.75, 3.05) is 48.3 Å². The molecular formula is C24H28FN7O. The maximum atomic E-state index is 14.0. The number of piperazine rings is 1. The number of nitrogens with zero attached hydrogens (tertiary/aromatic N) is 5. The second-order valence-electron chi connectivity index (χ2n) is 9.69. The summed E-state index contributed by atoms with van der Waals surface area (Å²) in [5, 5.41) is 6.48. The van der Waals surface area contributed by atoms with E-state index in [1.54, 1.807) is 12.3 Å². The molecule has 33 heavy (non-hydrogen) atoms. The summed E-state index contributed by atoms with van der Waals surface area (Å²) in [4.78, 5) is 30.2. The average molecular weight is 450 g/mol. The lowest BCUT2D eigenvalue weighted by Gasteiger charge is -2.36. The minimum Gasteiger partial charge on any atom is -0.367 e. The molecule has 1 saturated heterocycles. The summed E-state index contributed by atoms with van der Waals surface area (Å²) in [6, 6.07) is 2.99. The van der Waals surface area contributed by atoms with E-state index in [0.717, 1.165) is 52.0 Å². The molecule has 5 aliphatic rings. The van der Waals surface area contributed by atoms with E-state index >= 15 is 0 Å². The Morgan fingerprint density at radius 3 is 2.61 bits per heavy atom. The molecule has 172 valence electrons. The van der Waals surface area contributed by atoms with Gasteiger partial charge in [0.05, 0.1) is 17.6 Å². The Labute approximate surface area is 192 Å². The van der Waals surface area contributed by atoms with E-state index in [-0.39, 0.29) is 22.6 Å². The number of halogens is 1. The van der Waals surface area contributed by atoms with Gasteiger partial charge in [0.1, 0.15) is 5.69 Å². The largest absolute Gasteiger partial charge is 0.367 e. The number of rotatable bonds is 0. The Bertz CT molecular complexity index is 1100. The first-order valence-electron chi connectivity index (χ1n) is 11.8. The minimum absolute atomic E-state index is 0.0253. The van der Waals surface area contributed by atoms with Crippen LogP contribution in [0.15, 0.2) is 36.7 Å². The van der Waals surface area contributed by atoms with Crippen molar-refractivity contribution < 1.29 is 9.18 Å². The molecular weight excluding hydrogens is 421 g/mol. The average Bonchev–Trinajstić information content (AvgIpc) is 3.75. The van der Waals surface area contributed by atoms with Crippen LogP contribution in [0.5, 0.6) is 0 Å². The predicted molar refractivity (Wildman–Crippen MR) is 124 cm³/mol. The zero-order chi connectivity index (χ0) is 22.5. The quantitative estimate of drug-likeness (QED) is 0.472. The van der Waals surface area contributed by atoms with Crippen molar-refractivity contribution in [1.82, 2.24) is 19.9 Å². The predicted octanol–water partition coefficient (Wildman–Crippen LogP) is 3.07. The molecule has 2 N–H and O–H groups in total. The summed E-state index contributed by atoms with van der Waals surface area (Å²) in [7, 11) is 0. The van der Waals surface area contributed by atoms with Crippen LogP contribution < -0.4 is 15.5 Å². The van der Waals surface area contributed by atoms with Gasteiger partial charge in [0, 0.05) is 50.5 Å². The molecule has 0 unspecified atom stereocenters. The fourth-order valence-corrected chi connectivity index (χ4v) is 5.37. The summed E-state index contributed by atoms with van der Waals surface area (Å²) < 4.78 is 14.0. The van der Waals surface area contributed by atoms with Crippen molar-refractivity contribution in [2.45, 2.75) is 37.6 Å². The molecule has 3 fully saturated rings. The highest BCUT2D eigenvalue weighted by Gasteiger charge is 2.65. The van der Waals surface area contributed by atoms with Crippen LogP contribution in [0, 0.1) is 11.4 Å². The van der Waals surface area contributed by atoms with Gasteiger partial charge < -0.3 is 15.5 Å². The van der Waals surface area contributed by atoms with Gasteiger partial charge in [-0.05, 0) is 43.6 Å². The van der Waals surface area contributed by atoms with E-state index in [4.69, 9.17) is 0 Å². The molecule has 5 heterocycles. The van der Waals surface area contributed by atoms with E-state index < -0.39 is 5.95 Å². The second kappa shape index (κ2) is 7.76. The third-order valence-electron chi connectivity index (χ3n) is 7.71. The molecule has 2 aromatic heterocycles. The molecule has 4 bridgehead atoms. The number of hydrogen-bond donors (Lipinski definition) is 2. The number of hydrogen-bond acceptors (Lipinski definition) is 7. The summed E-state index contributed by atoms with van der Waals surface area (Å²) in [5.41, 5.74) is 1.70. The van der Waals surface area contributed by atoms with Crippen LogP contribution in [0.1, 0.15) is 42.6 Å². The van der Waals surface area contributed by atoms with Crippen molar-refractivity contribution in [2.24, 2.45) is 5.41 Å². The third kappa shape index (κ3) is 3.84. The van der Waals surface area contributed by atoms with Crippen LogP contribution in [0.2, 0.25) is 0 Å². The third-order valence-corrected chi connectivity index (χ3v) is 7.71. The van der Waals surface area contributed by atoms with Crippen LogP contribution in [0.4, 0.5) is 21.7 Å². The smallest absolute Gasteiger partial charge is 0.274 e. The number of amides is 1. The van der Waals surface area contributed by atoms with Crippen molar-refractivity contribution >= 4 is 23.2 Å². The lowest BCUT2D eigenvalue weighted by atomic mass is 9.89. The van der Waals surface area contributed by atoms with Crippen LogP contribution in [-0.4, -0.2) is 64.0 Å². The molecule has 0 atom stereocenters. The molecule has 0 radical (unpaired) electrons. The standard InChI is InChI=1S/C24H28FN7O/c25-20-15-19-18(16-27-20)28-21(33)17-3-9-26-22(29-17)30-24(7-8-24)23(5-6-23)4-1-2-10-31-11-13-32(19)14-12-31/h1-3,9,15-16H,4-8,10-14H2,(H,28,33)(H,26,29,30)/b2-1+. The number of carbonyl (C=O) groups excluding carboxylic acids is 1. The summed E-state index contributed by atoms with van der Waals surface area (Å²) >= 11 is 0. The number of pyridine rings is 1. The fourth-order valence-electron chi connectivity index (χ4n) is 5.37. The Balaban J connectivity index is 1.34. The Kier molecular flexibility index (Phi) is 4.83. The monoisotopic (exact) mass is 449 g/mol. The first kappa shape index (κ1) is 20.5. The van der Waals surface area contributed by atoms with E-state index in [0.29, 0.717) is 17.3 Å². The molecule has 1 amide bonds. The van der Waals surface area contributed by atoms with Gasteiger partial charge in [0.15, 0.2) is 0 Å². The van der Waals surface area contributed by atoms with Gasteiger partial charge in [0.25, 0.3) is 5.91 Å². The second-order valence-corrected chi connectivity index (χ2v) is 9.69. The number of fused-ring (bicyclic) bond motifs is 5. The molecule has 2 saturated carbocycles. The van der Waals surface area contributed by atoms with Gasteiger partial charge in [-0.15, -0.1) is 0 Å². The number of nitrogens with one attached hydrogen (secondary N) is 2. The lowest BCUT2D eigenvalue weighted by Crippen LogP contribution is -2.46. The van der Waals surface area contributed by atoms with Gasteiger partial charge >= 0.3 is 0 Å². The number of aromatic nitrogens is 3. The Morgan fingerprint density at radius 2 is 1.85 bits per heavy atom. The zero-order valence-electron chi connectivity index (χ0n) is 18.6. The molecule has 2 aliphatic carbocycles. The summed E-state index contributed by atoms with van der Waals surface area (Å²) in [6.07, 6.45) is 13.3. The van der Waals surface area contributed by atoms with Crippen molar-refractivity contribution in [1.29, 1.82) is 0 Å². The van der Waals surface area contributed by atoms with E-state index in [1.165, 1.54) is 25.1 Å². The van der Waals surface area contributed by atoms with Crippen LogP contribution >= 0.6 is 0 Å². The van der Waals surface area contributed by atoms with Crippen LogP contribution in [0.25, 0.3) is 0 Å². The van der Waals surface area contributed by atoms with Gasteiger partial charge in [-0.3, -0.25) is 9.69 Å². The minimum atomic E-state index is -0.562. The maximum absolute atomic E-state index is 14.0. The van der Waals surface area contributed by atoms with Gasteiger partial charge in [-0.2, -0.15) is 4.39 Å². The van der Waals surface area contributed by atoms with E-state index in [2.05, 4.69) is 47.5 Å². The number of allylic oxidation sites excluding steroid dienone is 1. The summed E-state index contributed by atoms with van der Waals surface area (Å²) in [5.74, 6) is -0.431. The lowest BCUT2D eigenvalue weighted by molar-refractivity contribution is 0.102. The number of carbonyl (C=O) groups is 1. The van der Waals surface area contributed by atoms with E-state index in [9.17, 15) is 9.18 Å². The molecule has 8 nitrogen and oxygen atoms in total. The normalized spacial score (nSPS) is 24.4. The molecule has 3 aliphatic heterocycles. The first-order chi connectivity index (χ1) is 16.1. The highest BCUT2D eigenvalue weighted by molar-refractivity contribution is 6.04. The molecule has 0 aromatic carbocycles. The number of anilines is 3. The first-order valence-corrected chi connectivity index (χ1v) is 11.8. The van der Waals surface area contributed by atoms with Crippen molar-refractivity contribution in [3.8, 4) is 0 Å². The highest BCUT2D eigenvalue weighted by atomic mass is 19.1. The molecule has 2 aromatic rings. The van der Waals surface area contributed by atoms with Crippen LogP contribution in [0.3, 0.4) is 0 Å². The Hall–Kier alpha value is -3.07. The van der Waals surface area contributed by atoms with E-state index in [1.807, 2.05) is 0 Å².